The highest BCUT2D eigenvalue weighted by atomic mass is 35.5. The molecule has 0 radical (unpaired) electrons. The van der Waals surface area contributed by atoms with Crippen molar-refractivity contribution in [3.63, 3.8) is 0 Å². The summed E-state index contributed by atoms with van der Waals surface area (Å²) in [7, 11) is 0. The van der Waals surface area contributed by atoms with Crippen molar-refractivity contribution >= 4 is 34.1 Å². The van der Waals surface area contributed by atoms with Gasteiger partial charge in [0.25, 0.3) is 5.56 Å². The Bertz CT molecular complexity index is 1330. The highest BCUT2D eigenvalue weighted by molar-refractivity contribution is 6.31. The van der Waals surface area contributed by atoms with E-state index in [0.29, 0.717) is 21.6 Å². The number of para-hydroxylation sites is 1. The number of fused-ring (bicyclic) bond motifs is 1. The molecule has 4 rings (SSSR count). The molecule has 0 bridgehead atoms. The number of nitrogens with zero attached hydrogens (tertiary/aromatic N) is 2. The first kappa shape index (κ1) is 19.8. The van der Waals surface area contributed by atoms with Gasteiger partial charge in [0.1, 0.15) is 18.2 Å². The van der Waals surface area contributed by atoms with Gasteiger partial charge in [-0.25, -0.2) is 9.37 Å². The van der Waals surface area contributed by atoms with Crippen LogP contribution in [0.15, 0.2) is 71.5 Å². The molecule has 0 aliphatic carbocycles. The second-order valence-corrected chi connectivity index (χ2v) is 7.24. The number of aromatic nitrogens is 2. The molecule has 0 saturated heterocycles. The van der Waals surface area contributed by atoms with Gasteiger partial charge >= 0.3 is 0 Å². The fourth-order valence-corrected chi connectivity index (χ4v) is 3.36. The zero-order chi connectivity index (χ0) is 21.3. The summed E-state index contributed by atoms with van der Waals surface area (Å²) in [6.07, 6.45) is 0. The van der Waals surface area contributed by atoms with E-state index in [1.54, 1.807) is 54.6 Å². The number of amides is 1. The van der Waals surface area contributed by atoms with Crippen LogP contribution >= 0.6 is 11.6 Å². The molecule has 150 valence electrons. The Morgan fingerprint density at radius 2 is 1.83 bits per heavy atom. The van der Waals surface area contributed by atoms with Crippen LogP contribution in [0.25, 0.3) is 22.3 Å². The standard InChI is InChI=1S/C23H17ClFN3O2/c1-14-10-11-15(12-18(14)24)26-21(29)13-28-22(16-6-2-4-8-19(16)25)27-20-9-5-3-7-17(20)23(28)30/h2-12H,13H2,1H3,(H,26,29). The summed E-state index contributed by atoms with van der Waals surface area (Å²) >= 11 is 6.11. The van der Waals surface area contributed by atoms with Crippen molar-refractivity contribution in [2.45, 2.75) is 13.5 Å². The smallest absolute Gasteiger partial charge is 0.262 e. The molecule has 4 aromatic rings. The summed E-state index contributed by atoms with van der Waals surface area (Å²) in [5.41, 5.74) is 1.54. The molecule has 7 heteroatoms. The first-order valence-corrected chi connectivity index (χ1v) is 9.62. The lowest BCUT2D eigenvalue weighted by Gasteiger charge is -2.14. The number of carbonyl (C=O) groups is 1. The number of nitrogens with one attached hydrogen (secondary N) is 1. The van der Waals surface area contributed by atoms with Gasteiger partial charge in [0, 0.05) is 10.7 Å². The summed E-state index contributed by atoms with van der Waals surface area (Å²) in [4.78, 5) is 30.3. The highest BCUT2D eigenvalue weighted by Gasteiger charge is 2.18. The normalized spacial score (nSPS) is 10.9. The maximum Gasteiger partial charge on any atom is 0.262 e. The van der Waals surface area contributed by atoms with Gasteiger partial charge in [0.2, 0.25) is 5.91 Å². The van der Waals surface area contributed by atoms with Crippen LogP contribution in [-0.4, -0.2) is 15.5 Å². The lowest BCUT2D eigenvalue weighted by atomic mass is 10.1. The largest absolute Gasteiger partial charge is 0.324 e. The fourth-order valence-electron chi connectivity index (χ4n) is 3.18. The minimum atomic E-state index is -0.529. The van der Waals surface area contributed by atoms with E-state index in [1.807, 2.05) is 6.92 Å². The fraction of sp³-hybridized carbons (Fsp3) is 0.0870. The number of hydrogen-bond acceptors (Lipinski definition) is 3. The molecular weight excluding hydrogens is 405 g/mol. The molecule has 0 aliphatic heterocycles. The Balaban J connectivity index is 1.78. The van der Waals surface area contributed by atoms with E-state index in [1.165, 1.54) is 16.7 Å². The number of halogens is 2. The van der Waals surface area contributed by atoms with Crippen LogP contribution in [0.2, 0.25) is 5.02 Å². The lowest BCUT2D eigenvalue weighted by Crippen LogP contribution is -2.30. The minimum absolute atomic E-state index is 0.0916. The van der Waals surface area contributed by atoms with E-state index in [2.05, 4.69) is 10.3 Å². The van der Waals surface area contributed by atoms with E-state index in [4.69, 9.17) is 11.6 Å². The molecule has 30 heavy (non-hydrogen) atoms. The number of rotatable bonds is 4. The van der Waals surface area contributed by atoms with Gasteiger partial charge < -0.3 is 5.32 Å². The van der Waals surface area contributed by atoms with Gasteiger partial charge in [0.15, 0.2) is 0 Å². The van der Waals surface area contributed by atoms with Gasteiger partial charge in [-0.3, -0.25) is 14.2 Å². The van der Waals surface area contributed by atoms with E-state index >= 15 is 0 Å². The summed E-state index contributed by atoms with van der Waals surface area (Å²) in [5.74, 6) is -0.889. The van der Waals surface area contributed by atoms with Crippen LogP contribution in [0.1, 0.15) is 5.56 Å². The number of carbonyl (C=O) groups excluding carboxylic acids is 1. The summed E-state index contributed by atoms with van der Waals surface area (Å²) in [5, 5.41) is 3.59. The van der Waals surface area contributed by atoms with Crippen molar-refractivity contribution in [2.75, 3.05) is 5.32 Å². The Labute approximate surface area is 176 Å². The zero-order valence-electron chi connectivity index (χ0n) is 16.0. The molecule has 0 spiro atoms. The SMILES string of the molecule is Cc1ccc(NC(=O)Cn2c(-c3ccccc3F)nc3ccccc3c2=O)cc1Cl. The molecule has 1 amide bonds. The Hall–Kier alpha value is -3.51. The number of benzene rings is 3. The van der Waals surface area contributed by atoms with E-state index in [0.717, 1.165) is 5.56 Å². The van der Waals surface area contributed by atoms with Crippen molar-refractivity contribution < 1.29 is 9.18 Å². The third-order valence-electron chi connectivity index (χ3n) is 4.73. The molecule has 3 aromatic carbocycles. The van der Waals surface area contributed by atoms with Gasteiger partial charge in [-0.1, -0.05) is 41.9 Å². The Kier molecular flexibility index (Phi) is 5.33. The number of anilines is 1. The van der Waals surface area contributed by atoms with Crippen molar-refractivity contribution in [2.24, 2.45) is 0 Å². The van der Waals surface area contributed by atoms with Crippen LogP contribution in [0.3, 0.4) is 0 Å². The molecule has 0 saturated carbocycles. The van der Waals surface area contributed by atoms with Gasteiger partial charge in [-0.15, -0.1) is 0 Å². The summed E-state index contributed by atoms with van der Waals surface area (Å²) in [6.45, 7) is 1.53. The molecule has 0 fully saturated rings. The maximum absolute atomic E-state index is 14.5. The summed E-state index contributed by atoms with van der Waals surface area (Å²) in [6, 6.07) is 17.9. The predicted molar refractivity (Wildman–Crippen MR) is 116 cm³/mol. The Morgan fingerprint density at radius 3 is 2.60 bits per heavy atom. The quantitative estimate of drug-likeness (QED) is 0.514. The van der Waals surface area contributed by atoms with E-state index < -0.39 is 17.3 Å². The van der Waals surface area contributed by atoms with Crippen LogP contribution in [0.4, 0.5) is 10.1 Å². The van der Waals surface area contributed by atoms with Crippen LogP contribution in [0, 0.1) is 12.7 Å². The van der Waals surface area contributed by atoms with E-state index in [9.17, 15) is 14.0 Å². The molecule has 5 nitrogen and oxygen atoms in total. The molecule has 1 aromatic heterocycles. The topological polar surface area (TPSA) is 64.0 Å². The lowest BCUT2D eigenvalue weighted by molar-refractivity contribution is -0.116. The van der Waals surface area contributed by atoms with Crippen LogP contribution in [0.5, 0.6) is 0 Å². The molecule has 0 unspecified atom stereocenters. The molecule has 1 heterocycles. The van der Waals surface area contributed by atoms with E-state index in [-0.39, 0.29) is 17.9 Å². The second kappa shape index (κ2) is 8.08. The second-order valence-electron chi connectivity index (χ2n) is 6.84. The number of aryl methyl sites for hydroxylation is 1. The highest BCUT2D eigenvalue weighted by Crippen LogP contribution is 2.23. The molecular formula is C23H17ClFN3O2. The van der Waals surface area contributed by atoms with Crippen LogP contribution in [-0.2, 0) is 11.3 Å². The van der Waals surface area contributed by atoms with Crippen molar-refractivity contribution in [1.82, 2.24) is 9.55 Å². The first-order valence-electron chi connectivity index (χ1n) is 9.24. The molecule has 0 atom stereocenters. The minimum Gasteiger partial charge on any atom is -0.324 e. The van der Waals surface area contributed by atoms with Gasteiger partial charge in [0.05, 0.1) is 16.5 Å². The molecule has 1 N–H and O–H groups in total. The predicted octanol–water partition coefficient (Wildman–Crippen LogP) is 4.80. The van der Waals surface area contributed by atoms with Gasteiger partial charge in [-0.2, -0.15) is 0 Å². The average Bonchev–Trinajstić information content (AvgIpc) is 2.73. The van der Waals surface area contributed by atoms with Gasteiger partial charge in [-0.05, 0) is 48.9 Å². The Morgan fingerprint density at radius 1 is 1.10 bits per heavy atom. The molecule has 0 aliphatic rings. The first-order chi connectivity index (χ1) is 14.4. The maximum atomic E-state index is 14.5. The van der Waals surface area contributed by atoms with Crippen molar-refractivity contribution in [3.8, 4) is 11.4 Å². The zero-order valence-corrected chi connectivity index (χ0v) is 16.8. The average molecular weight is 422 g/mol. The van der Waals surface area contributed by atoms with Crippen molar-refractivity contribution in [1.29, 1.82) is 0 Å². The third-order valence-corrected chi connectivity index (χ3v) is 5.14. The number of hydrogen-bond donors (Lipinski definition) is 1. The van der Waals surface area contributed by atoms with Crippen LogP contribution < -0.4 is 10.9 Å². The summed E-state index contributed by atoms with van der Waals surface area (Å²) < 4.78 is 15.7. The third kappa shape index (κ3) is 3.82. The monoisotopic (exact) mass is 421 g/mol. The van der Waals surface area contributed by atoms with Crippen molar-refractivity contribution in [3.05, 3.63) is 93.5 Å².